The standard InChI is InChI=1S/C18H14F2N2O4S/c1-10(17(24)21-11-6-7-12(19)13(20)8-11)25-16(23)9-27-18-22-14-4-2-3-5-15(14)26-18/h2-8,10H,9H2,1H3,(H,21,24)/t10-/m0/s1. The summed E-state index contributed by atoms with van der Waals surface area (Å²) in [7, 11) is 0. The summed E-state index contributed by atoms with van der Waals surface area (Å²) in [5.74, 6) is -3.53. The Morgan fingerprint density at radius 3 is 2.74 bits per heavy atom. The fourth-order valence-electron chi connectivity index (χ4n) is 2.14. The summed E-state index contributed by atoms with van der Waals surface area (Å²) in [6.07, 6.45) is -1.12. The van der Waals surface area contributed by atoms with Crippen LogP contribution in [0.4, 0.5) is 14.5 Å². The van der Waals surface area contributed by atoms with Crippen molar-refractivity contribution in [2.24, 2.45) is 0 Å². The molecule has 1 aromatic heterocycles. The van der Waals surface area contributed by atoms with Crippen molar-refractivity contribution in [3.63, 3.8) is 0 Å². The van der Waals surface area contributed by atoms with Gasteiger partial charge in [0.15, 0.2) is 23.3 Å². The smallest absolute Gasteiger partial charge is 0.317 e. The highest BCUT2D eigenvalue weighted by Gasteiger charge is 2.19. The molecule has 0 bridgehead atoms. The monoisotopic (exact) mass is 392 g/mol. The van der Waals surface area contributed by atoms with Crippen molar-refractivity contribution in [3.05, 3.63) is 54.1 Å². The summed E-state index contributed by atoms with van der Waals surface area (Å²) >= 11 is 1.04. The number of rotatable bonds is 6. The highest BCUT2D eigenvalue weighted by molar-refractivity contribution is 7.99. The number of hydrogen-bond acceptors (Lipinski definition) is 6. The molecule has 0 aliphatic carbocycles. The molecule has 1 heterocycles. The summed E-state index contributed by atoms with van der Waals surface area (Å²) < 4.78 is 36.5. The first-order valence-electron chi connectivity index (χ1n) is 7.86. The zero-order chi connectivity index (χ0) is 19.4. The summed E-state index contributed by atoms with van der Waals surface area (Å²) in [6, 6.07) is 10.1. The predicted octanol–water partition coefficient (Wildman–Crippen LogP) is 3.77. The molecular formula is C18H14F2N2O4S. The lowest BCUT2D eigenvalue weighted by Crippen LogP contribution is -2.30. The normalized spacial score (nSPS) is 12.0. The minimum atomic E-state index is -1.12. The van der Waals surface area contributed by atoms with Gasteiger partial charge in [-0.1, -0.05) is 23.9 Å². The average molecular weight is 392 g/mol. The predicted molar refractivity (Wildman–Crippen MR) is 95.3 cm³/mol. The number of hydrogen-bond donors (Lipinski definition) is 1. The van der Waals surface area contributed by atoms with Crippen LogP contribution in [-0.2, 0) is 14.3 Å². The average Bonchev–Trinajstić information content (AvgIpc) is 3.06. The van der Waals surface area contributed by atoms with Crippen LogP contribution in [0.3, 0.4) is 0 Å². The van der Waals surface area contributed by atoms with E-state index < -0.39 is 29.6 Å². The first kappa shape index (κ1) is 18.8. The van der Waals surface area contributed by atoms with Crippen molar-refractivity contribution in [3.8, 4) is 0 Å². The topological polar surface area (TPSA) is 81.4 Å². The van der Waals surface area contributed by atoms with Crippen molar-refractivity contribution in [1.29, 1.82) is 0 Å². The van der Waals surface area contributed by atoms with Crippen LogP contribution in [-0.4, -0.2) is 28.7 Å². The Hall–Kier alpha value is -2.94. The molecule has 3 rings (SSSR count). The number of anilines is 1. The number of amides is 1. The molecule has 0 unspecified atom stereocenters. The molecule has 2 aromatic carbocycles. The van der Waals surface area contributed by atoms with E-state index in [-0.39, 0.29) is 11.4 Å². The fourth-order valence-corrected chi connectivity index (χ4v) is 2.76. The van der Waals surface area contributed by atoms with Crippen LogP contribution in [0.1, 0.15) is 6.92 Å². The molecule has 3 aromatic rings. The maximum atomic E-state index is 13.2. The summed E-state index contributed by atoms with van der Waals surface area (Å²) in [5.41, 5.74) is 1.34. The third kappa shape index (κ3) is 4.82. The van der Waals surface area contributed by atoms with E-state index in [0.717, 1.165) is 23.9 Å². The third-order valence-electron chi connectivity index (χ3n) is 3.45. The molecule has 0 spiro atoms. The Labute approximate surface area is 156 Å². The number of nitrogens with one attached hydrogen (secondary N) is 1. The molecule has 0 saturated heterocycles. The van der Waals surface area contributed by atoms with E-state index in [1.807, 2.05) is 12.1 Å². The molecular weight excluding hydrogens is 378 g/mol. The zero-order valence-corrected chi connectivity index (χ0v) is 14.9. The number of halogens is 2. The second kappa shape index (κ2) is 8.17. The first-order chi connectivity index (χ1) is 12.9. The van der Waals surface area contributed by atoms with Crippen LogP contribution in [0.5, 0.6) is 0 Å². The minimum absolute atomic E-state index is 0.0580. The van der Waals surface area contributed by atoms with E-state index in [1.54, 1.807) is 12.1 Å². The SMILES string of the molecule is C[C@H](OC(=O)CSc1nc2ccccc2o1)C(=O)Nc1ccc(F)c(F)c1. The van der Waals surface area contributed by atoms with Gasteiger partial charge in [-0.25, -0.2) is 13.8 Å². The molecule has 0 saturated carbocycles. The molecule has 1 N–H and O–H groups in total. The molecule has 0 aliphatic rings. The number of aromatic nitrogens is 1. The fraction of sp³-hybridized carbons (Fsp3) is 0.167. The van der Waals surface area contributed by atoms with E-state index >= 15 is 0 Å². The van der Waals surface area contributed by atoms with Gasteiger partial charge in [0, 0.05) is 11.8 Å². The summed E-state index contributed by atoms with van der Waals surface area (Å²) in [4.78, 5) is 28.1. The van der Waals surface area contributed by atoms with Crippen LogP contribution in [0, 0.1) is 11.6 Å². The van der Waals surface area contributed by atoms with Gasteiger partial charge in [0.2, 0.25) is 0 Å². The van der Waals surface area contributed by atoms with Gasteiger partial charge in [-0.3, -0.25) is 9.59 Å². The third-order valence-corrected chi connectivity index (χ3v) is 4.25. The van der Waals surface area contributed by atoms with Crippen LogP contribution in [0.2, 0.25) is 0 Å². The van der Waals surface area contributed by atoms with Crippen LogP contribution < -0.4 is 5.32 Å². The van der Waals surface area contributed by atoms with Gasteiger partial charge in [0.25, 0.3) is 11.1 Å². The molecule has 0 aliphatic heterocycles. The quantitative estimate of drug-likeness (QED) is 0.508. The molecule has 0 radical (unpaired) electrons. The highest BCUT2D eigenvalue weighted by atomic mass is 32.2. The lowest BCUT2D eigenvalue weighted by atomic mass is 10.3. The molecule has 1 amide bonds. The molecule has 9 heteroatoms. The van der Waals surface area contributed by atoms with Crippen LogP contribution >= 0.6 is 11.8 Å². The molecule has 0 fully saturated rings. The molecule has 27 heavy (non-hydrogen) atoms. The molecule has 1 atom stereocenters. The lowest BCUT2D eigenvalue weighted by Gasteiger charge is -2.13. The maximum Gasteiger partial charge on any atom is 0.317 e. The van der Waals surface area contributed by atoms with Crippen molar-refractivity contribution in [2.45, 2.75) is 18.3 Å². The van der Waals surface area contributed by atoms with Crippen LogP contribution in [0.25, 0.3) is 11.1 Å². The Bertz CT molecular complexity index is 959. The van der Waals surface area contributed by atoms with E-state index in [2.05, 4.69) is 10.3 Å². The Balaban J connectivity index is 1.50. The molecule has 6 nitrogen and oxygen atoms in total. The van der Waals surface area contributed by atoms with Gasteiger partial charge >= 0.3 is 5.97 Å². The van der Waals surface area contributed by atoms with Crippen molar-refractivity contribution >= 4 is 40.4 Å². The first-order valence-corrected chi connectivity index (χ1v) is 8.84. The van der Waals surface area contributed by atoms with Crippen molar-refractivity contribution < 1.29 is 27.5 Å². The number of thioether (sulfide) groups is 1. The van der Waals surface area contributed by atoms with E-state index in [0.29, 0.717) is 16.3 Å². The maximum absolute atomic E-state index is 13.2. The lowest BCUT2D eigenvalue weighted by molar-refractivity contribution is -0.150. The minimum Gasteiger partial charge on any atom is -0.452 e. The number of para-hydroxylation sites is 2. The second-order valence-electron chi connectivity index (χ2n) is 5.49. The number of fused-ring (bicyclic) bond motifs is 1. The van der Waals surface area contributed by atoms with E-state index in [9.17, 15) is 18.4 Å². The zero-order valence-electron chi connectivity index (χ0n) is 14.1. The number of benzene rings is 2. The van der Waals surface area contributed by atoms with Crippen molar-refractivity contribution in [1.82, 2.24) is 4.98 Å². The number of nitrogens with zero attached hydrogens (tertiary/aromatic N) is 1. The van der Waals surface area contributed by atoms with Gasteiger partial charge in [0.05, 0.1) is 0 Å². The summed E-state index contributed by atoms with van der Waals surface area (Å²) in [5, 5.41) is 2.66. The second-order valence-corrected chi connectivity index (χ2v) is 6.41. The van der Waals surface area contributed by atoms with Crippen LogP contribution in [0.15, 0.2) is 52.1 Å². The van der Waals surface area contributed by atoms with E-state index in [4.69, 9.17) is 9.15 Å². The number of ether oxygens (including phenoxy) is 1. The van der Waals surface area contributed by atoms with Gasteiger partial charge in [-0.2, -0.15) is 0 Å². The number of carbonyl (C=O) groups is 2. The van der Waals surface area contributed by atoms with Crippen molar-refractivity contribution in [2.75, 3.05) is 11.1 Å². The molecule has 140 valence electrons. The van der Waals surface area contributed by atoms with Gasteiger partial charge in [0.1, 0.15) is 11.3 Å². The highest BCUT2D eigenvalue weighted by Crippen LogP contribution is 2.23. The van der Waals surface area contributed by atoms with E-state index in [1.165, 1.54) is 13.0 Å². The van der Waals surface area contributed by atoms with Gasteiger partial charge < -0.3 is 14.5 Å². The number of esters is 1. The Morgan fingerprint density at radius 1 is 1.22 bits per heavy atom. The number of carbonyl (C=O) groups excluding carboxylic acids is 2. The number of oxazole rings is 1. The van der Waals surface area contributed by atoms with Gasteiger partial charge in [-0.15, -0.1) is 0 Å². The summed E-state index contributed by atoms with van der Waals surface area (Å²) in [6.45, 7) is 1.37. The Morgan fingerprint density at radius 2 is 2.00 bits per heavy atom. The largest absolute Gasteiger partial charge is 0.452 e. The van der Waals surface area contributed by atoms with Gasteiger partial charge in [-0.05, 0) is 31.2 Å². The Kier molecular flexibility index (Phi) is 5.70.